The summed E-state index contributed by atoms with van der Waals surface area (Å²) in [6.07, 6.45) is 0. The van der Waals surface area contributed by atoms with E-state index in [0.29, 0.717) is 0 Å². The van der Waals surface area contributed by atoms with Crippen molar-refractivity contribution in [3.8, 4) is 6.07 Å². The van der Waals surface area contributed by atoms with Crippen LogP contribution >= 0.6 is 0 Å². The molecule has 19 heavy (non-hydrogen) atoms. The van der Waals surface area contributed by atoms with E-state index in [1.807, 2.05) is 0 Å². The van der Waals surface area contributed by atoms with Crippen LogP contribution in [-0.2, 0) is 4.79 Å². The van der Waals surface area contributed by atoms with Gasteiger partial charge in [0.15, 0.2) is 11.6 Å². The van der Waals surface area contributed by atoms with Crippen molar-refractivity contribution in [2.24, 2.45) is 0 Å². The largest absolute Gasteiger partial charge is 0.371 e. The fraction of sp³-hybridized carbons (Fsp3) is 0.385. The lowest BCUT2D eigenvalue weighted by molar-refractivity contribution is -0.122. The van der Waals surface area contributed by atoms with Gasteiger partial charge in [-0.1, -0.05) is 0 Å². The molecule has 0 spiro atoms. The zero-order valence-electron chi connectivity index (χ0n) is 10.9. The van der Waals surface area contributed by atoms with Gasteiger partial charge < -0.3 is 10.6 Å². The summed E-state index contributed by atoms with van der Waals surface area (Å²) < 4.78 is 27.0. The van der Waals surface area contributed by atoms with Gasteiger partial charge in [-0.25, -0.2) is 8.78 Å². The summed E-state index contributed by atoms with van der Waals surface area (Å²) in [5.74, 6) is -2.70. The second kappa shape index (κ2) is 6.14. The summed E-state index contributed by atoms with van der Waals surface area (Å²) in [5.41, 5.74) is -0.523. The highest BCUT2D eigenvalue weighted by Gasteiger charge is 2.18. The summed E-state index contributed by atoms with van der Waals surface area (Å²) in [4.78, 5) is 11.6. The summed E-state index contributed by atoms with van der Waals surface area (Å²) in [7, 11) is 0. The van der Waals surface area contributed by atoms with Crippen LogP contribution in [0.25, 0.3) is 0 Å². The molecule has 0 fully saturated rings. The molecule has 0 aliphatic heterocycles. The van der Waals surface area contributed by atoms with Crippen LogP contribution in [0.15, 0.2) is 12.1 Å². The molecule has 0 saturated heterocycles. The monoisotopic (exact) mass is 267 g/mol. The molecule has 0 radical (unpaired) electrons. The van der Waals surface area contributed by atoms with E-state index in [0.717, 1.165) is 6.07 Å². The molecule has 1 amide bonds. The summed E-state index contributed by atoms with van der Waals surface area (Å²) in [6, 6.07) is 3.18. The average molecular weight is 267 g/mol. The first-order valence-electron chi connectivity index (χ1n) is 5.81. The molecule has 0 saturated carbocycles. The standard InChI is InChI=1S/C13H15F2N3O/c1-7(2)17-13(19)8(3)18-10-5-4-9(6-16)11(14)12(10)15/h4-5,7-8,18H,1-3H3,(H,17,19). The van der Waals surface area contributed by atoms with Crippen molar-refractivity contribution in [1.82, 2.24) is 5.32 Å². The van der Waals surface area contributed by atoms with Crippen LogP contribution in [0.2, 0.25) is 0 Å². The quantitative estimate of drug-likeness (QED) is 0.878. The van der Waals surface area contributed by atoms with Gasteiger partial charge in [-0.3, -0.25) is 4.79 Å². The number of benzene rings is 1. The van der Waals surface area contributed by atoms with Gasteiger partial charge in [-0.2, -0.15) is 5.26 Å². The summed E-state index contributed by atoms with van der Waals surface area (Å²) in [5, 5.41) is 13.8. The number of anilines is 1. The third-order valence-electron chi connectivity index (χ3n) is 2.40. The molecule has 0 bridgehead atoms. The Morgan fingerprint density at radius 1 is 1.26 bits per heavy atom. The average Bonchev–Trinajstić information content (AvgIpc) is 2.34. The van der Waals surface area contributed by atoms with Gasteiger partial charge in [0, 0.05) is 6.04 Å². The van der Waals surface area contributed by atoms with E-state index in [-0.39, 0.29) is 23.2 Å². The maximum Gasteiger partial charge on any atom is 0.242 e. The second-order valence-corrected chi connectivity index (χ2v) is 4.43. The predicted octanol–water partition coefficient (Wildman–Crippen LogP) is 2.16. The van der Waals surface area contributed by atoms with Crippen LogP contribution in [0.4, 0.5) is 14.5 Å². The van der Waals surface area contributed by atoms with E-state index in [1.54, 1.807) is 19.9 Å². The van der Waals surface area contributed by atoms with Gasteiger partial charge in [-0.15, -0.1) is 0 Å². The third kappa shape index (κ3) is 3.65. The number of nitriles is 1. The number of amides is 1. The van der Waals surface area contributed by atoms with Crippen LogP contribution in [0.1, 0.15) is 26.3 Å². The number of rotatable bonds is 4. The van der Waals surface area contributed by atoms with Crippen LogP contribution in [-0.4, -0.2) is 18.0 Å². The van der Waals surface area contributed by atoms with E-state index < -0.39 is 17.7 Å². The summed E-state index contributed by atoms with van der Waals surface area (Å²) in [6.45, 7) is 5.13. The smallest absolute Gasteiger partial charge is 0.242 e. The minimum Gasteiger partial charge on any atom is -0.371 e. The fourth-order valence-corrected chi connectivity index (χ4v) is 1.46. The lowest BCUT2D eigenvalue weighted by Gasteiger charge is -2.17. The maximum absolute atomic E-state index is 13.6. The topological polar surface area (TPSA) is 64.9 Å². The number of nitrogens with zero attached hydrogens (tertiary/aromatic N) is 1. The van der Waals surface area contributed by atoms with Gasteiger partial charge in [-0.05, 0) is 32.9 Å². The van der Waals surface area contributed by atoms with Crippen molar-refractivity contribution in [1.29, 1.82) is 5.26 Å². The van der Waals surface area contributed by atoms with E-state index in [4.69, 9.17) is 5.26 Å². The summed E-state index contributed by atoms with van der Waals surface area (Å²) >= 11 is 0. The molecule has 0 aromatic heterocycles. The zero-order valence-corrected chi connectivity index (χ0v) is 10.9. The molecule has 1 aromatic carbocycles. The van der Waals surface area contributed by atoms with Crippen molar-refractivity contribution >= 4 is 11.6 Å². The van der Waals surface area contributed by atoms with Crippen LogP contribution in [0.5, 0.6) is 0 Å². The lowest BCUT2D eigenvalue weighted by Crippen LogP contribution is -2.41. The maximum atomic E-state index is 13.6. The SMILES string of the molecule is CC(C)NC(=O)C(C)Nc1ccc(C#N)c(F)c1F. The molecule has 6 heteroatoms. The van der Waals surface area contributed by atoms with E-state index in [2.05, 4.69) is 10.6 Å². The van der Waals surface area contributed by atoms with Crippen molar-refractivity contribution < 1.29 is 13.6 Å². The van der Waals surface area contributed by atoms with Crippen LogP contribution < -0.4 is 10.6 Å². The Morgan fingerprint density at radius 3 is 2.42 bits per heavy atom. The molecule has 0 aliphatic rings. The highest BCUT2D eigenvalue weighted by atomic mass is 19.2. The second-order valence-electron chi connectivity index (χ2n) is 4.43. The number of carbonyl (C=O) groups excluding carboxylic acids is 1. The lowest BCUT2D eigenvalue weighted by atomic mass is 10.1. The predicted molar refractivity (Wildman–Crippen MR) is 67.4 cm³/mol. The Labute approximate surface area is 110 Å². The minimum absolute atomic E-state index is 0.0423. The minimum atomic E-state index is -1.22. The highest BCUT2D eigenvalue weighted by Crippen LogP contribution is 2.20. The van der Waals surface area contributed by atoms with E-state index >= 15 is 0 Å². The van der Waals surface area contributed by atoms with E-state index in [1.165, 1.54) is 13.0 Å². The Balaban J connectivity index is 2.87. The first-order chi connectivity index (χ1) is 8.86. The number of hydrogen-bond donors (Lipinski definition) is 2. The Kier molecular flexibility index (Phi) is 4.81. The molecule has 4 nitrogen and oxygen atoms in total. The molecule has 102 valence electrons. The van der Waals surface area contributed by atoms with Gasteiger partial charge in [0.2, 0.25) is 5.91 Å². The van der Waals surface area contributed by atoms with Gasteiger partial charge in [0.25, 0.3) is 0 Å². The van der Waals surface area contributed by atoms with Crippen LogP contribution in [0.3, 0.4) is 0 Å². The van der Waals surface area contributed by atoms with Crippen molar-refractivity contribution in [2.75, 3.05) is 5.32 Å². The first kappa shape index (κ1) is 14.9. The van der Waals surface area contributed by atoms with Crippen molar-refractivity contribution in [3.05, 3.63) is 29.3 Å². The number of carbonyl (C=O) groups is 1. The van der Waals surface area contributed by atoms with Crippen molar-refractivity contribution in [2.45, 2.75) is 32.9 Å². The molecule has 1 unspecified atom stereocenters. The molecule has 0 aliphatic carbocycles. The number of halogens is 2. The Bertz CT molecular complexity index is 523. The van der Waals surface area contributed by atoms with Crippen molar-refractivity contribution in [3.63, 3.8) is 0 Å². The zero-order chi connectivity index (χ0) is 14.6. The molecule has 2 N–H and O–H groups in total. The first-order valence-corrected chi connectivity index (χ1v) is 5.81. The van der Waals surface area contributed by atoms with Gasteiger partial charge in [0.1, 0.15) is 12.1 Å². The highest BCUT2D eigenvalue weighted by molar-refractivity contribution is 5.84. The van der Waals surface area contributed by atoms with Gasteiger partial charge in [0.05, 0.1) is 11.3 Å². The van der Waals surface area contributed by atoms with Gasteiger partial charge >= 0.3 is 0 Å². The number of hydrogen-bond acceptors (Lipinski definition) is 3. The Morgan fingerprint density at radius 2 is 1.89 bits per heavy atom. The molecule has 1 rings (SSSR count). The van der Waals surface area contributed by atoms with Crippen LogP contribution in [0, 0.1) is 23.0 Å². The third-order valence-corrected chi connectivity index (χ3v) is 2.40. The van der Waals surface area contributed by atoms with E-state index in [9.17, 15) is 13.6 Å². The molecule has 1 aromatic rings. The molecular formula is C13H15F2N3O. The normalized spacial score (nSPS) is 11.8. The fourth-order valence-electron chi connectivity index (χ4n) is 1.46. The molecule has 0 heterocycles. The number of nitrogens with one attached hydrogen (secondary N) is 2. The molecular weight excluding hydrogens is 252 g/mol. The Hall–Kier alpha value is -2.16. The molecule has 1 atom stereocenters.